The fourth-order valence-corrected chi connectivity index (χ4v) is 2.61. The van der Waals surface area contributed by atoms with E-state index in [4.69, 9.17) is 4.55 Å². The molecule has 2 N–H and O–H groups in total. The van der Waals surface area contributed by atoms with Crippen LogP contribution in [-0.4, -0.2) is 22.4 Å². The SMILES string of the molecule is C[C@H](NS(=O)(=O)O)c1ncc2sccn12. The number of hydrogen-bond donors (Lipinski definition) is 2. The van der Waals surface area contributed by atoms with Crippen LogP contribution in [0.25, 0.3) is 4.83 Å². The highest BCUT2D eigenvalue weighted by atomic mass is 32.2. The summed E-state index contributed by atoms with van der Waals surface area (Å²) in [6, 6.07) is -0.572. The Morgan fingerprint density at radius 1 is 1.67 bits per heavy atom. The number of nitrogens with one attached hydrogen (secondary N) is 1. The number of fused-ring (bicyclic) bond motifs is 1. The highest BCUT2D eigenvalue weighted by Gasteiger charge is 2.17. The number of aromatic nitrogens is 2. The average Bonchev–Trinajstić information content (AvgIpc) is 2.57. The van der Waals surface area contributed by atoms with Crippen molar-refractivity contribution in [2.75, 3.05) is 0 Å². The minimum Gasteiger partial charge on any atom is -0.293 e. The fourth-order valence-electron chi connectivity index (χ4n) is 1.35. The topological polar surface area (TPSA) is 83.7 Å². The predicted molar refractivity (Wildman–Crippen MR) is 56.2 cm³/mol. The van der Waals surface area contributed by atoms with Gasteiger partial charge in [-0.1, -0.05) is 0 Å². The highest BCUT2D eigenvalue weighted by molar-refractivity contribution is 7.83. The lowest BCUT2D eigenvalue weighted by atomic mass is 10.3. The second-order valence-corrected chi connectivity index (χ2v) is 5.15. The van der Waals surface area contributed by atoms with Crippen LogP contribution in [0.5, 0.6) is 0 Å². The molecule has 0 unspecified atom stereocenters. The molecule has 82 valence electrons. The molecule has 1 atom stereocenters. The number of rotatable bonds is 3. The zero-order valence-corrected chi connectivity index (χ0v) is 9.42. The van der Waals surface area contributed by atoms with Crippen LogP contribution in [0, 0.1) is 0 Å². The Morgan fingerprint density at radius 3 is 3.07 bits per heavy atom. The van der Waals surface area contributed by atoms with E-state index >= 15 is 0 Å². The molecular weight excluding hydrogens is 238 g/mol. The molecule has 6 nitrogen and oxygen atoms in total. The summed E-state index contributed by atoms with van der Waals surface area (Å²) in [5.41, 5.74) is 0. The normalized spacial score (nSPS) is 14.5. The van der Waals surface area contributed by atoms with Crippen molar-refractivity contribution in [1.82, 2.24) is 14.1 Å². The van der Waals surface area contributed by atoms with Crippen LogP contribution in [0.1, 0.15) is 18.8 Å². The van der Waals surface area contributed by atoms with Crippen molar-refractivity contribution in [2.24, 2.45) is 0 Å². The molecule has 0 fully saturated rings. The molecule has 15 heavy (non-hydrogen) atoms. The molecule has 0 saturated carbocycles. The van der Waals surface area contributed by atoms with Gasteiger partial charge in [0.25, 0.3) is 0 Å². The van der Waals surface area contributed by atoms with Gasteiger partial charge in [-0.2, -0.15) is 13.1 Å². The maximum atomic E-state index is 10.6. The molecular formula is C7H9N3O3S2. The molecule has 2 aromatic rings. The van der Waals surface area contributed by atoms with Gasteiger partial charge in [0.05, 0.1) is 12.2 Å². The third-order valence-corrected chi connectivity index (χ3v) is 3.36. The van der Waals surface area contributed by atoms with E-state index in [9.17, 15) is 8.42 Å². The van der Waals surface area contributed by atoms with E-state index < -0.39 is 16.3 Å². The van der Waals surface area contributed by atoms with Crippen LogP contribution < -0.4 is 4.72 Å². The van der Waals surface area contributed by atoms with Crippen LogP contribution in [0.15, 0.2) is 17.8 Å². The summed E-state index contributed by atoms with van der Waals surface area (Å²) in [5, 5.41) is 1.88. The Labute approximate surface area is 90.5 Å². The molecule has 2 aromatic heterocycles. The highest BCUT2D eigenvalue weighted by Crippen LogP contribution is 2.18. The van der Waals surface area contributed by atoms with E-state index in [2.05, 4.69) is 9.71 Å². The molecule has 0 amide bonds. The summed E-state index contributed by atoms with van der Waals surface area (Å²) in [4.78, 5) is 5.00. The van der Waals surface area contributed by atoms with Gasteiger partial charge >= 0.3 is 10.3 Å². The van der Waals surface area contributed by atoms with Gasteiger partial charge in [-0.15, -0.1) is 11.3 Å². The van der Waals surface area contributed by atoms with Crippen molar-refractivity contribution in [3.05, 3.63) is 23.6 Å². The van der Waals surface area contributed by atoms with Gasteiger partial charge in [0, 0.05) is 11.6 Å². The Bertz CT molecular complexity index is 571. The third-order valence-electron chi connectivity index (χ3n) is 1.90. The zero-order valence-electron chi connectivity index (χ0n) is 7.78. The van der Waals surface area contributed by atoms with Gasteiger partial charge in [0.2, 0.25) is 0 Å². The molecule has 8 heteroatoms. The van der Waals surface area contributed by atoms with Crippen LogP contribution in [0.3, 0.4) is 0 Å². The lowest BCUT2D eigenvalue weighted by Crippen LogP contribution is -2.27. The molecule has 0 spiro atoms. The average molecular weight is 247 g/mol. The van der Waals surface area contributed by atoms with Crippen molar-refractivity contribution >= 4 is 26.5 Å². The molecule has 0 bridgehead atoms. The first-order valence-corrected chi connectivity index (χ1v) is 6.44. The lowest BCUT2D eigenvalue weighted by Gasteiger charge is -2.08. The maximum Gasteiger partial charge on any atom is 0.334 e. The van der Waals surface area contributed by atoms with Crippen molar-refractivity contribution in [3.8, 4) is 0 Å². The van der Waals surface area contributed by atoms with E-state index in [1.54, 1.807) is 23.7 Å². The molecule has 0 aliphatic heterocycles. The summed E-state index contributed by atoms with van der Waals surface area (Å²) in [7, 11) is -4.20. The van der Waals surface area contributed by atoms with Gasteiger partial charge in [-0.05, 0) is 6.92 Å². The molecule has 0 saturated heterocycles. The number of imidazole rings is 1. The monoisotopic (exact) mass is 247 g/mol. The quantitative estimate of drug-likeness (QED) is 0.787. The first-order valence-electron chi connectivity index (χ1n) is 4.12. The van der Waals surface area contributed by atoms with Gasteiger partial charge in [-0.25, -0.2) is 4.98 Å². The standard InChI is InChI=1S/C7H9N3O3S2/c1-5(9-15(11,12)13)7-8-4-6-10(7)2-3-14-6/h2-5,9H,1H3,(H,11,12,13)/t5-/m0/s1. The zero-order chi connectivity index (χ0) is 11.1. The lowest BCUT2D eigenvalue weighted by molar-refractivity contribution is 0.454. The summed E-state index contributed by atoms with van der Waals surface area (Å²) >= 11 is 1.50. The van der Waals surface area contributed by atoms with Crippen molar-refractivity contribution < 1.29 is 13.0 Å². The minimum absolute atomic E-state index is 0.545. The largest absolute Gasteiger partial charge is 0.334 e. The molecule has 0 radical (unpaired) electrons. The summed E-state index contributed by atoms with van der Waals surface area (Å²) in [5.74, 6) is 0.545. The second-order valence-electron chi connectivity index (χ2n) is 3.04. The van der Waals surface area contributed by atoms with Crippen molar-refractivity contribution in [1.29, 1.82) is 0 Å². The van der Waals surface area contributed by atoms with E-state index in [1.165, 1.54) is 11.3 Å². The Morgan fingerprint density at radius 2 is 2.40 bits per heavy atom. The molecule has 0 aliphatic rings. The molecule has 2 heterocycles. The molecule has 0 aliphatic carbocycles. The number of hydrogen-bond acceptors (Lipinski definition) is 4. The summed E-state index contributed by atoms with van der Waals surface area (Å²) < 4.78 is 33.7. The smallest absolute Gasteiger partial charge is 0.293 e. The molecule has 0 aromatic carbocycles. The second kappa shape index (κ2) is 3.56. The Kier molecular flexibility index (Phi) is 2.51. The van der Waals surface area contributed by atoms with E-state index in [0.29, 0.717) is 5.82 Å². The van der Waals surface area contributed by atoms with Crippen LogP contribution >= 0.6 is 11.3 Å². The van der Waals surface area contributed by atoms with Gasteiger partial charge in [0.15, 0.2) is 0 Å². The fraction of sp³-hybridized carbons (Fsp3) is 0.286. The Hall–Kier alpha value is -0.960. The minimum atomic E-state index is -4.20. The first kappa shape index (κ1) is 10.6. The van der Waals surface area contributed by atoms with Gasteiger partial charge < -0.3 is 0 Å². The van der Waals surface area contributed by atoms with Crippen molar-refractivity contribution in [2.45, 2.75) is 13.0 Å². The van der Waals surface area contributed by atoms with Crippen LogP contribution in [0.2, 0.25) is 0 Å². The third kappa shape index (κ3) is 2.17. The van der Waals surface area contributed by atoms with E-state index in [0.717, 1.165) is 4.83 Å². The summed E-state index contributed by atoms with van der Waals surface area (Å²) in [6.07, 6.45) is 3.45. The number of nitrogens with zero attached hydrogens (tertiary/aromatic N) is 2. The Balaban J connectivity index is 2.35. The van der Waals surface area contributed by atoms with E-state index in [-0.39, 0.29) is 0 Å². The van der Waals surface area contributed by atoms with Crippen LogP contribution in [-0.2, 0) is 10.3 Å². The summed E-state index contributed by atoms with van der Waals surface area (Å²) in [6.45, 7) is 1.61. The number of thiazole rings is 1. The maximum absolute atomic E-state index is 10.6. The van der Waals surface area contributed by atoms with E-state index in [1.807, 2.05) is 5.38 Å². The first-order chi connectivity index (χ1) is 6.97. The van der Waals surface area contributed by atoms with Crippen molar-refractivity contribution in [3.63, 3.8) is 0 Å². The van der Waals surface area contributed by atoms with Gasteiger partial charge in [-0.3, -0.25) is 8.95 Å². The predicted octanol–water partition coefficient (Wildman–Crippen LogP) is 0.849. The van der Waals surface area contributed by atoms with Gasteiger partial charge in [0.1, 0.15) is 10.7 Å². The van der Waals surface area contributed by atoms with Crippen LogP contribution in [0.4, 0.5) is 0 Å². The molecule has 2 rings (SSSR count).